The van der Waals surface area contributed by atoms with Crippen LogP contribution in [0.1, 0.15) is 22.3 Å². The van der Waals surface area contributed by atoms with Crippen molar-refractivity contribution in [3.8, 4) is 0 Å². The normalized spacial score (nSPS) is 14.6. The molecule has 0 aliphatic heterocycles. The molecule has 7 nitrogen and oxygen atoms in total. The third-order valence-corrected chi connectivity index (χ3v) is 1.81. The lowest BCUT2D eigenvalue weighted by Crippen LogP contribution is -2.27. The molecule has 0 aliphatic rings. The van der Waals surface area contributed by atoms with Crippen molar-refractivity contribution in [3.05, 3.63) is 23.8 Å². The predicted octanol–water partition coefficient (Wildman–Crippen LogP) is -1.47. The molecule has 7 heteroatoms. The summed E-state index contributed by atoms with van der Waals surface area (Å²) >= 11 is 0. The average molecular weight is 213 g/mol. The highest BCUT2D eigenvalue weighted by atomic mass is 16.4. The highest BCUT2D eigenvalue weighted by molar-refractivity contribution is 5.82. The number of rotatable bonds is 4. The fourth-order valence-electron chi connectivity index (χ4n) is 0.952. The Labute approximate surface area is 85.2 Å². The number of aliphatic hydroxyl groups excluding tert-OH is 2. The van der Waals surface area contributed by atoms with E-state index in [1.54, 1.807) is 0 Å². The minimum Gasteiger partial charge on any atom is -0.475 e. The molecule has 2 unspecified atom stereocenters. The largest absolute Gasteiger partial charge is 0.475 e. The first kappa shape index (κ1) is 11.5. The van der Waals surface area contributed by atoms with Crippen molar-refractivity contribution < 1.29 is 20.1 Å². The van der Waals surface area contributed by atoms with Gasteiger partial charge in [0.2, 0.25) is 5.82 Å². The summed E-state index contributed by atoms with van der Waals surface area (Å²) in [5, 5.41) is 27.2. The van der Waals surface area contributed by atoms with Gasteiger partial charge in [0.1, 0.15) is 6.10 Å². The zero-order chi connectivity index (χ0) is 11.4. The molecular formula is C8H11N3O4. The zero-order valence-electron chi connectivity index (χ0n) is 7.74. The topological polar surface area (TPSA) is 130 Å². The molecule has 15 heavy (non-hydrogen) atoms. The molecule has 1 rings (SSSR count). The highest BCUT2D eigenvalue weighted by Crippen LogP contribution is 2.14. The number of aliphatic hydroxyl groups is 2. The summed E-state index contributed by atoms with van der Waals surface area (Å²) in [4.78, 5) is 17.4. The number of hydrogen-bond acceptors (Lipinski definition) is 6. The summed E-state index contributed by atoms with van der Waals surface area (Å²) in [6.45, 7) is -0.109. The van der Waals surface area contributed by atoms with Gasteiger partial charge in [0.05, 0.1) is 6.10 Å². The SMILES string of the molecule is NCC(O)C(O)c1cnc(C(=O)O)nc1. The molecule has 0 fully saturated rings. The van der Waals surface area contributed by atoms with Crippen molar-refractivity contribution >= 4 is 5.97 Å². The smallest absolute Gasteiger partial charge is 0.373 e. The standard InChI is InChI=1S/C8H11N3O4/c9-1-5(12)6(13)4-2-10-7(8(14)15)11-3-4/h2-3,5-6,12-13H,1,9H2,(H,14,15). The molecule has 0 bridgehead atoms. The van der Waals surface area contributed by atoms with Gasteiger partial charge in [0.15, 0.2) is 0 Å². The molecule has 0 saturated carbocycles. The van der Waals surface area contributed by atoms with Crippen LogP contribution in [0.3, 0.4) is 0 Å². The third-order valence-electron chi connectivity index (χ3n) is 1.81. The van der Waals surface area contributed by atoms with Gasteiger partial charge in [-0.3, -0.25) is 0 Å². The van der Waals surface area contributed by atoms with Crippen molar-refractivity contribution in [3.63, 3.8) is 0 Å². The number of nitrogens with two attached hydrogens (primary N) is 1. The van der Waals surface area contributed by atoms with Crippen LogP contribution < -0.4 is 5.73 Å². The number of aromatic carboxylic acids is 1. The Balaban J connectivity index is 2.84. The highest BCUT2D eigenvalue weighted by Gasteiger charge is 2.18. The second-order valence-corrected chi connectivity index (χ2v) is 2.89. The van der Waals surface area contributed by atoms with E-state index in [4.69, 9.17) is 10.8 Å². The molecule has 1 heterocycles. The molecule has 1 aromatic rings. The average Bonchev–Trinajstić information content (AvgIpc) is 2.27. The van der Waals surface area contributed by atoms with E-state index in [1.165, 1.54) is 0 Å². The second kappa shape index (κ2) is 4.78. The Kier molecular flexibility index (Phi) is 3.67. The maximum atomic E-state index is 10.4. The van der Waals surface area contributed by atoms with Gasteiger partial charge >= 0.3 is 5.97 Å². The lowest BCUT2D eigenvalue weighted by Gasteiger charge is -2.15. The van der Waals surface area contributed by atoms with Crippen molar-refractivity contribution in [2.45, 2.75) is 12.2 Å². The van der Waals surface area contributed by atoms with Gasteiger partial charge in [-0.25, -0.2) is 14.8 Å². The van der Waals surface area contributed by atoms with Gasteiger partial charge < -0.3 is 21.1 Å². The Morgan fingerprint density at radius 2 is 1.93 bits per heavy atom. The van der Waals surface area contributed by atoms with Crippen molar-refractivity contribution in [1.29, 1.82) is 0 Å². The number of aromatic nitrogens is 2. The van der Waals surface area contributed by atoms with Gasteiger partial charge in [-0.15, -0.1) is 0 Å². The molecule has 0 aromatic carbocycles. The zero-order valence-corrected chi connectivity index (χ0v) is 7.74. The molecule has 0 saturated heterocycles. The molecule has 0 spiro atoms. The van der Waals surface area contributed by atoms with Crippen LogP contribution in [0.5, 0.6) is 0 Å². The minimum atomic E-state index is -1.25. The van der Waals surface area contributed by atoms with Gasteiger partial charge in [-0.1, -0.05) is 0 Å². The molecule has 0 radical (unpaired) electrons. The number of nitrogens with zero attached hydrogens (tertiary/aromatic N) is 2. The molecule has 2 atom stereocenters. The fraction of sp³-hybridized carbons (Fsp3) is 0.375. The van der Waals surface area contributed by atoms with E-state index in [0.717, 1.165) is 12.4 Å². The first-order chi connectivity index (χ1) is 7.06. The first-order valence-corrected chi connectivity index (χ1v) is 4.17. The van der Waals surface area contributed by atoms with Crippen LogP contribution in [0.2, 0.25) is 0 Å². The number of carboxylic acids is 1. The maximum Gasteiger partial charge on any atom is 0.373 e. The van der Waals surface area contributed by atoms with Crippen LogP contribution in [0.4, 0.5) is 0 Å². The number of carboxylic acid groups (broad SMARTS) is 1. The molecular weight excluding hydrogens is 202 g/mol. The summed E-state index contributed by atoms with van der Waals surface area (Å²) in [7, 11) is 0. The number of carbonyl (C=O) groups is 1. The summed E-state index contributed by atoms with van der Waals surface area (Å²) in [5.41, 5.74) is 5.36. The molecule has 5 N–H and O–H groups in total. The minimum absolute atomic E-state index is 0.109. The van der Waals surface area contributed by atoms with E-state index in [0.29, 0.717) is 0 Å². The molecule has 0 amide bonds. The van der Waals surface area contributed by atoms with Crippen LogP contribution in [0.25, 0.3) is 0 Å². The van der Waals surface area contributed by atoms with Gasteiger partial charge in [-0.05, 0) is 0 Å². The van der Waals surface area contributed by atoms with E-state index >= 15 is 0 Å². The van der Waals surface area contributed by atoms with E-state index in [2.05, 4.69) is 9.97 Å². The molecule has 82 valence electrons. The summed E-state index contributed by atoms with van der Waals surface area (Å²) in [5.74, 6) is -1.62. The summed E-state index contributed by atoms with van der Waals surface area (Å²) in [6, 6.07) is 0. The Hall–Kier alpha value is -1.57. The Morgan fingerprint density at radius 3 is 2.33 bits per heavy atom. The Bertz CT molecular complexity index is 340. The second-order valence-electron chi connectivity index (χ2n) is 2.89. The lowest BCUT2D eigenvalue weighted by atomic mass is 10.1. The number of hydrogen-bond donors (Lipinski definition) is 4. The van der Waals surface area contributed by atoms with Crippen LogP contribution in [-0.4, -0.2) is 43.9 Å². The van der Waals surface area contributed by atoms with E-state index < -0.39 is 18.2 Å². The van der Waals surface area contributed by atoms with Crippen LogP contribution in [-0.2, 0) is 0 Å². The van der Waals surface area contributed by atoms with Gasteiger partial charge in [-0.2, -0.15) is 0 Å². The third kappa shape index (κ3) is 2.69. The first-order valence-electron chi connectivity index (χ1n) is 4.17. The molecule has 0 aliphatic carbocycles. The Morgan fingerprint density at radius 1 is 1.40 bits per heavy atom. The van der Waals surface area contributed by atoms with Crippen molar-refractivity contribution in [2.24, 2.45) is 5.73 Å². The monoisotopic (exact) mass is 213 g/mol. The van der Waals surface area contributed by atoms with Crippen LogP contribution >= 0.6 is 0 Å². The van der Waals surface area contributed by atoms with Crippen molar-refractivity contribution in [2.75, 3.05) is 6.54 Å². The van der Waals surface area contributed by atoms with E-state index in [-0.39, 0.29) is 17.9 Å². The molecule has 1 aromatic heterocycles. The van der Waals surface area contributed by atoms with Gasteiger partial charge in [0.25, 0.3) is 0 Å². The fourth-order valence-corrected chi connectivity index (χ4v) is 0.952. The lowest BCUT2D eigenvalue weighted by molar-refractivity contribution is 0.0238. The summed E-state index contributed by atoms with van der Waals surface area (Å²) in [6.07, 6.45) is -0.0536. The summed E-state index contributed by atoms with van der Waals surface area (Å²) < 4.78 is 0. The van der Waals surface area contributed by atoms with Crippen LogP contribution in [0.15, 0.2) is 12.4 Å². The van der Waals surface area contributed by atoms with E-state index in [1.807, 2.05) is 0 Å². The van der Waals surface area contributed by atoms with Gasteiger partial charge in [0, 0.05) is 24.5 Å². The maximum absolute atomic E-state index is 10.4. The van der Waals surface area contributed by atoms with Crippen molar-refractivity contribution in [1.82, 2.24) is 9.97 Å². The quantitative estimate of drug-likeness (QED) is 0.480. The van der Waals surface area contributed by atoms with Crippen LogP contribution in [0, 0.1) is 0 Å². The van der Waals surface area contributed by atoms with E-state index in [9.17, 15) is 15.0 Å². The predicted molar refractivity (Wildman–Crippen MR) is 49.0 cm³/mol.